The summed E-state index contributed by atoms with van der Waals surface area (Å²) in [6, 6.07) is 9.37. The number of amides is 1. The minimum absolute atomic E-state index is 0.120. The topological polar surface area (TPSA) is 75.4 Å². The molecule has 0 unspecified atom stereocenters. The van der Waals surface area contributed by atoms with Crippen LogP contribution in [-0.4, -0.2) is 11.0 Å². The van der Waals surface area contributed by atoms with Gasteiger partial charge in [-0.25, -0.2) is 0 Å². The fourth-order valence-electron chi connectivity index (χ4n) is 1.46. The molecule has 1 amide bonds. The van der Waals surface area contributed by atoms with Crippen molar-refractivity contribution in [1.82, 2.24) is 0 Å². The first-order valence-electron chi connectivity index (χ1n) is 5.32. The van der Waals surface area contributed by atoms with Gasteiger partial charge in [-0.2, -0.15) is 0 Å². The summed E-state index contributed by atoms with van der Waals surface area (Å²) in [4.78, 5) is 12.0. The van der Waals surface area contributed by atoms with Gasteiger partial charge in [0, 0.05) is 15.7 Å². The first kappa shape index (κ1) is 13.7. The molecule has 0 spiro atoms. The second kappa shape index (κ2) is 5.50. The maximum Gasteiger partial charge on any atom is 0.255 e. The third-order valence-electron chi connectivity index (χ3n) is 2.47. The largest absolute Gasteiger partial charge is 0.506 e. The number of carbonyl (C=O) groups excluding carboxylic acids is 1. The van der Waals surface area contributed by atoms with Crippen molar-refractivity contribution in [2.75, 3.05) is 11.1 Å². The van der Waals surface area contributed by atoms with Gasteiger partial charge in [-0.15, -0.1) is 0 Å². The van der Waals surface area contributed by atoms with Gasteiger partial charge in [-0.1, -0.05) is 11.6 Å². The van der Waals surface area contributed by atoms with Gasteiger partial charge in [0.2, 0.25) is 0 Å². The van der Waals surface area contributed by atoms with Crippen molar-refractivity contribution in [3.8, 4) is 5.75 Å². The molecule has 0 aromatic heterocycles. The highest BCUT2D eigenvalue weighted by Gasteiger charge is 2.09. The van der Waals surface area contributed by atoms with Crippen molar-refractivity contribution in [3.63, 3.8) is 0 Å². The predicted octanol–water partition coefficient (Wildman–Crippen LogP) is 3.64. The van der Waals surface area contributed by atoms with Crippen LogP contribution < -0.4 is 11.1 Å². The molecule has 0 aliphatic rings. The van der Waals surface area contributed by atoms with E-state index in [1.165, 1.54) is 18.2 Å². The van der Waals surface area contributed by atoms with Gasteiger partial charge in [-0.3, -0.25) is 4.79 Å². The number of anilines is 2. The Kier molecular flexibility index (Phi) is 3.97. The van der Waals surface area contributed by atoms with Gasteiger partial charge >= 0.3 is 0 Å². The molecule has 0 radical (unpaired) electrons. The summed E-state index contributed by atoms with van der Waals surface area (Å²) in [7, 11) is 0. The maximum atomic E-state index is 12.0. The number of phenols is 1. The molecule has 2 aromatic rings. The van der Waals surface area contributed by atoms with Gasteiger partial charge in [0.1, 0.15) is 5.75 Å². The average molecular weight is 342 g/mol. The van der Waals surface area contributed by atoms with Crippen molar-refractivity contribution in [1.29, 1.82) is 0 Å². The van der Waals surface area contributed by atoms with Gasteiger partial charge in [-0.05, 0) is 52.3 Å². The highest BCUT2D eigenvalue weighted by molar-refractivity contribution is 9.10. The Labute approximate surface area is 123 Å². The van der Waals surface area contributed by atoms with E-state index in [4.69, 9.17) is 17.3 Å². The molecule has 4 nitrogen and oxygen atoms in total. The number of aromatic hydroxyl groups is 1. The summed E-state index contributed by atoms with van der Waals surface area (Å²) < 4.78 is 0.687. The van der Waals surface area contributed by atoms with Crippen molar-refractivity contribution in [2.45, 2.75) is 0 Å². The van der Waals surface area contributed by atoms with Crippen molar-refractivity contribution >= 4 is 44.8 Å². The van der Waals surface area contributed by atoms with Crippen molar-refractivity contribution < 1.29 is 9.90 Å². The lowest BCUT2D eigenvalue weighted by Gasteiger charge is -2.07. The quantitative estimate of drug-likeness (QED) is 0.576. The van der Waals surface area contributed by atoms with E-state index in [2.05, 4.69) is 21.2 Å². The minimum atomic E-state index is -0.343. The van der Waals surface area contributed by atoms with Gasteiger partial charge in [0.05, 0.1) is 10.7 Å². The lowest BCUT2D eigenvalue weighted by atomic mass is 10.1. The average Bonchev–Trinajstić information content (AvgIpc) is 2.37. The van der Waals surface area contributed by atoms with Crippen LogP contribution in [0, 0.1) is 0 Å². The zero-order valence-electron chi connectivity index (χ0n) is 9.65. The molecular formula is C13H10BrClN2O2. The number of nitrogens with two attached hydrogens (primary N) is 1. The van der Waals surface area contributed by atoms with Crippen LogP contribution in [0.1, 0.15) is 10.4 Å². The third-order valence-corrected chi connectivity index (χ3v) is 3.68. The molecule has 0 atom stereocenters. The van der Waals surface area contributed by atoms with E-state index in [0.717, 1.165) is 0 Å². The summed E-state index contributed by atoms with van der Waals surface area (Å²) in [6.07, 6.45) is 0. The molecule has 4 N–H and O–H groups in total. The van der Waals surface area contributed by atoms with Crippen LogP contribution in [0.5, 0.6) is 5.75 Å². The molecule has 2 rings (SSSR count). The van der Waals surface area contributed by atoms with E-state index in [9.17, 15) is 9.90 Å². The van der Waals surface area contributed by atoms with E-state index >= 15 is 0 Å². The number of hydrogen-bond donors (Lipinski definition) is 3. The Balaban J connectivity index is 2.20. The van der Waals surface area contributed by atoms with E-state index in [1.54, 1.807) is 18.2 Å². The van der Waals surface area contributed by atoms with Crippen LogP contribution in [0.3, 0.4) is 0 Å². The summed E-state index contributed by atoms with van der Waals surface area (Å²) in [6.45, 7) is 0. The monoisotopic (exact) mass is 340 g/mol. The number of halogens is 2. The second-order valence-corrected chi connectivity index (χ2v) is 5.12. The fraction of sp³-hybridized carbons (Fsp3) is 0. The lowest BCUT2D eigenvalue weighted by Crippen LogP contribution is -2.11. The molecule has 0 bridgehead atoms. The normalized spacial score (nSPS) is 10.2. The molecule has 0 saturated carbocycles. The highest BCUT2D eigenvalue weighted by atomic mass is 79.9. The molecule has 0 fully saturated rings. The Bertz CT molecular complexity index is 647. The summed E-state index contributed by atoms with van der Waals surface area (Å²) in [5.41, 5.74) is 6.62. The first-order chi connectivity index (χ1) is 8.97. The Morgan fingerprint density at radius 1 is 1.26 bits per heavy atom. The number of hydrogen-bond acceptors (Lipinski definition) is 3. The molecule has 0 aliphatic carbocycles. The third kappa shape index (κ3) is 3.19. The smallest absolute Gasteiger partial charge is 0.255 e. The minimum Gasteiger partial charge on any atom is -0.506 e. The molecule has 0 heterocycles. The zero-order chi connectivity index (χ0) is 14.0. The predicted molar refractivity (Wildman–Crippen MR) is 79.6 cm³/mol. The highest BCUT2D eigenvalue weighted by Crippen LogP contribution is 2.26. The van der Waals surface area contributed by atoms with Crippen LogP contribution in [0.2, 0.25) is 5.02 Å². The molecule has 2 aromatic carbocycles. The van der Waals surface area contributed by atoms with Gasteiger partial charge < -0.3 is 16.2 Å². The van der Waals surface area contributed by atoms with E-state index in [1.807, 2.05) is 0 Å². The maximum absolute atomic E-state index is 12.0. The number of nitrogens with one attached hydrogen (secondary N) is 1. The molecule has 19 heavy (non-hydrogen) atoms. The van der Waals surface area contributed by atoms with Crippen LogP contribution in [-0.2, 0) is 0 Å². The number of nitrogen functional groups attached to an aromatic ring is 1. The summed E-state index contributed by atoms with van der Waals surface area (Å²) >= 11 is 9.14. The molecule has 0 aliphatic heterocycles. The van der Waals surface area contributed by atoms with Crippen LogP contribution in [0.4, 0.5) is 11.4 Å². The Hall–Kier alpha value is -1.72. The van der Waals surface area contributed by atoms with Crippen LogP contribution >= 0.6 is 27.5 Å². The SMILES string of the molecule is Nc1ccc(C(=O)Nc2ccc(Cl)c(Br)c2)cc1O. The van der Waals surface area contributed by atoms with Gasteiger partial charge in [0.15, 0.2) is 0 Å². The summed E-state index contributed by atoms with van der Waals surface area (Å²) in [5, 5.41) is 12.7. The van der Waals surface area contributed by atoms with Gasteiger partial charge in [0.25, 0.3) is 5.91 Å². The van der Waals surface area contributed by atoms with E-state index in [0.29, 0.717) is 20.7 Å². The van der Waals surface area contributed by atoms with Crippen LogP contribution in [0.15, 0.2) is 40.9 Å². The van der Waals surface area contributed by atoms with Crippen LogP contribution in [0.25, 0.3) is 0 Å². The van der Waals surface area contributed by atoms with Crippen molar-refractivity contribution in [2.24, 2.45) is 0 Å². The number of rotatable bonds is 2. The lowest BCUT2D eigenvalue weighted by molar-refractivity contribution is 0.102. The summed E-state index contributed by atoms with van der Waals surface area (Å²) in [5.74, 6) is -0.463. The standard InChI is InChI=1S/C13H10BrClN2O2/c14-9-6-8(2-3-10(9)15)17-13(19)7-1-4-11(16)12(18)5-7/h1-6,18H,16H2,(H,17,19). The van der Waals surface area contributed by atoms with Crippen molar-refractivity contribution in [3.05, 3.63) is 51.5 Å². The van der Waals surface area contributed by atoms with E-state index in [-0.39, 0.29) is 17.3 Å². The Morgan fingerprint density at radius 2 is 2.00 bits per heavy atom. The second-order valence-electron chi connectivity index (χ2n) is 3.86. The number of carbonyl (C=O) groups is 1. The number of phenolic OH excluding ortho intramolecular Hbond substituents is 1. The fourth-order valence-corrected chi connectivity index (χ4v) is 1.96. The molecule has 98 valence electrons. The first-order valence-corrected chi connectivity index (χ1v) is 6.49. The number of benzene rings is 2. The molecule has 0 saturated heterocycles. The Morgan fingerprint density at radius 3 is 2.63 bits per heavy atom. The molecular weight excluding hydrogens is 332 g/mol. The molecule has 6 heteroatoms. The van der Waals surface area contributed by atoms with E-state index < -0.39 is 0 Å². The zero-order valence-corrected chi connectivity index (χ0v) is 12.0.